The first-order valence-electron chi connectivity index (χ1n) is 5.45. The maximum absolute atomic E-state index is 9.49. The van der Waals surface area contributed by atoms with Crippen molar-refractivity contribution < 1.29 is 5.11 Å². The van der Waals surface area contributed by atoms with E-state index in [0.717, 1.165) is 13.0 Å². The van der Waals surface area contributed by atoms with Crippen LogP contribution in [-0.4, -0.2) is 23.3 Å². The molecule has 0 heterocycles. The van der Waals surface area contributed by atoms with Crippen molar-refractivity contribution in [2.45, 2.75) is 65.0 Å². The molecule has 1 atom stereocenters. The van der Waals surface area contributed by atoms with Crippen LogP contribution in [0.4, 0.5) is 0 Å². The SMILES string of the molecule is CCCC(CC)NCCC(C)(C)O. The van der Waals surface area contributed by atoms with Crippen LogP contribution in [0.3, 0.4) is 0 Å². The summed E-state index contributed by atoms with van der Waals surface area (Å²) in [5, 5.41) is 13.0. The minimum absolute atomic E-state index is 0.530. The lowest BCUT2D eigenvalue weighted by Crippen LogP contribution is -2.33. The Bertz CT molecular complexity index is 118. The molecule has 0 saturated heterocycles. The lowest BCUT2D eigenvalue weighted by Gasteiger charge is -2.20. The van der Waals surface area contributed by atoms with Crippen LogP contribution in [0.5, 0.6) is 0 Å². The summed E-state index contributed by atoms with van der Waals surface area (Å²) in [6.07, 6.45) is 4.48. The van der Waals surface area contributed by atoms with Gasteiger partial charge in [0.15, 0.2) is 0 Å². The summed E-state index contributed by atoms with van der Waals surface area (Å²) in [5.41, 5.74) is -0.530. The molecule has 2 nitrogen and oxygen atoms in total. The average molecular weight is 187 g/mol. The highest BCUT2D eigenvalue weighted by molar-refractivity contribution is 4.70. The molecule has 0 bridgehead atoms. The first-order chi connectivity index (χ1) is 5.99. The fourth-order valence-electron chi connectivity index (χ4n) is 1.38. The van der Waals surface area contributed by atoms with Gasteiger partial charge in [0.1, 0.15) is 0 Å². The number of rotatable bonds is 7. The third-order valence-electron chi connectivity index (χ3n) is 2.30. The van der Waals surface area contributed by atoms with Gasteiger partial charge < -0.3 is 10.4 Å². The van der Waals surface area contributed by atoms with Crippen LogP contribution in [-0.2, 0) is 0 Å². The Morgan fingerprint density at radius 2 is 1.92 bits per heavy atom. The molecule has 0 fully saturated rings. The highest BCUT2D eigenvalue weighted by Gasteiger charge is 2.12. The van der Waals surface area contributed by atoms with E-state index in [1.165, 1.54) is 19.3 Å². The van der Waals surface area contributed by atoms with Crippen LogP contribution in [0.15, 0.2) is 0 Å². The molecule has 0 aliphatic carbocycles. The van der Waals surface area contributed by atoms with Crippen molar-refractivity contribution in [3.8, 4) is 0 Å². The van der Waals surface area contributed by atoms with E-state index < -0.39 is 5.60 Å². The topological polar surface area (TPSA) is 32.3 Å². The van der Waals surface area contributed by atoms with Crippen molar-refractivity contribution in [3.63, 3.8) is 0 Å². The predicted octanol–water partition coefficient (Wildman–Crippen LogP) is 2.32. The maximum Gasteiger partial charge on any atom is 0.0603 e. The fraction of sp³-hybridized carbons (Fsp3) is 1.00. The van der Waals surface area contributed by atoms with Crippen molar-refractivity contribution >= 4 is 0 Å². The second kappa shape index (κ2) is 6.39. The summed E-state index contributed by atoms with van der Waals surface area (Å²) in [5.74, 6) is 0. The summed E-state index contributed by atoms with van der Waals surface area (Å²) < 4.78 is 0. The van der Waals surface area contributed by atoms with Crippen molar-refractivity contribution in [2.24, 2.45) is 0 Å². The second-order valence-electron chi connectivity index (χ2n) is 4.41. The number of hydrogen-bond donors (Lipinski definition) is 2. The molecule has 0 aromatic carbocycles. The van der Waals surface area contributed by atoms with Gasteiger partial charge in [-0.2, -0.15) is 0 Å². The van der Waals surface area contributed by atoms with Crippen LogP contribution in [0.2, 0.25) is 0 Å². The molecule has 0 aromatic rings. The number of aliphatic hydroxyl groups is 1. The quantitative estimate of drug-likeness (QED) is 0.641. The van der Waals surface area contributed by atoms with Crippen molar-refractivity contribution in [3.05, 3.63) is 0 Å². The van der Waals surface area contributed by atoms with Gasteiger partial charge in [0.2, 0.25) is 0 Å². The number of nitrogens with one attached hydrogen (secondary N) is 1. The van der Waals surface area contributed by atoms with E-state index >= 15 is 0 Å². The second-order valence-corrected chi connectivity index (χ2v) is 4.41. The van der Waals surface area contributed by atoms with Crippen molar-refractivity contribution in [2.75, 3.05) is 6.54 Å². The van der Waals surface area contributed by atoms with Crippen molar-refractivity contribution in [1.29, 1.82) is 0 Å². The van der Waals surface area contributed by atoms with Crippen LogP contribution in [0, 0.1) is 0 Å². The minimum Gasteiger partial charge on any atom is -0.390 e. The van der Waals surface area contributed by atoms with Gasteiger partial charge in [-0.25, -0.2) is 0 Å². The largest absolute Gasteiger partial charge is 0.390 e. The van der Waals surface area contributed by atoms with Crippen LogP contribution >= 0.6 is 0 Å². The molecule has 0 amide bonds. The van der Waals surface area contributed by atoms with Gasteiger partial charge in [-0.3, -0.25) is 0 Å². The minimum atomic E-state index is -0.530. The molecule has 0 saturated carbocycles. The summed E-state index contributed by atoms with van der Waals surface area (Å²) in [4.78, 5) is 0. The van der Waals surface area contributed by atoms with E-state index in [9.17, 15) is 5.11 Å². The Kier molecular flexibility index (Phi) is 6.35. The standard InChI is InChI=1S/C11H25NO/c1-5-7-10(6-2)12-9-8-11(3,4)13/h10,12-13H,5-9H2,1-4H3. The predicted molar refractivity (Wildman–Crippen MR) is 57.9 cm³/mol. The molecule has 0 aromatic heterocycles. The molecule has 0 rings (SSSR count). The van der Waals surface area contributed by atoms with Crippen LogP contribution in [0.25, 0.3) is 0 Å². The van der Waals surface area contributed by atoms with Gasteiger partial charge in [-0.15, -0.1) is 0 Å². The van der Waals surface area contributed by atoms with Crippen molar-refractivity contribution in [1.82, 2.24) is 5.32 Å². The lowest BCUT2D eigenvalue weighted by atomic mass is 10.0. The van der Waals surface area contributed by atoms with Crippen LogP contribution < -0.4 is 5.32 Å². The Labute approximate surface area is 82.7 Å². The van der Waals surface area contributed by atoms with E-state index in [-0.39, 0.29) is 0 Å². The molecule has 0 spiro atoms. The average Bonchev–Trinajstić information content (AvgIpc) is 2.01. The first-order valence-corrected chi connectivity index (χ1v) is 5.45. The zero-order chi connectivity index (χ0) is 10.3. The van der Waals surface area contributed by atoms with Gasteiger partial charge >= 0.3 is 0 Å². The van der Waals surface area contributed by atoms with Gasteiger partial charge in [0.05, 0.1) is 5.60 Å². The van der Waals surface area contributed by atoms with Gasteiger partial charge in [-0.1, -0.05) is 20.3 Å². The summed E-state index contributed by atoms with van der Waals surface area (Å²) in [6, 6.07) is 0.632. The molecule has 1 unspecified atom stereocenters. The van der Waals surface area contributed by atoms with E-state index in [0.29, 0.717) is 6.04 Å². The zero-order valence-corrected chi connectivity index (χ0v) is 9.56. The highest BCUT2D eigenvalue weighted by atomic mass is 16.3. The summed E-state index contributed by atoms with van der Waals surface area (Å²) in [6.45, 7) is 9.05. The van der Waals surface area contributed by atoms with E-state index in [2.05, 4.69) is 19.2 Å². The molecule has 80 valence electrons. The first kappa shape index (κ1) is 12.9. The molecule has 2 heteroatoms. The third-order valence-corrected chi connectivity index (χ3v) is 2.30. The highest BCUT2D eigenvalue weighted by Crippen LogP contribution is 2.07. The van der Waals surface area contributed by atoms with E-state index in [1.807, 2.05) is 13.8 Å². The number of hydrogen-bond acceptors (Lipinski definition) is 2. The third kappa shape index (κ3) is 8.26. The molecular weight excluding hydrogens is 162 g/mol. The Hall–Kier alpha value is -0.0800. The van der Waals surface area contributed by atoms with Gasteiger partial charge in [-0.05, 0) is 39.7 Å². The Morgan fingerprint density at radius 3 is 2.31 bits per heavy atom. The molecule has 2 N–H and O–H groups in total. The van der Waals surface area contributed by atoms with Crippen LogP contribution in [0.1, 0.15) is 53.4 Å². The summed E-state index contributed by atoms with van der Waals surface area (Å²) in [7, 11) is 0. The molecule has 0 aliphatic rings. The summed E-state index contributed by atoms with van der Waals surface area (Å²) >= 11 is 0. The van der Waals surface area contributed by atoms with Gasteiger partial charge in [0.25, 0.3) is 0 Å². The Morgan fingerprint density at radius 1 is 1.31 bits per heavy atom. The normalized spacial score (nSPS) is 14.5. The lowest BCUT2D eigenvalue weighted by molar-refractivity contribution is 0.0702. The maximum atomic E-state index is 9.49. The molecule has 0 radical (unpaired) electrons. The molecule has 13 heavy (non-hydrogen) atoms. The smallest absolute Gasteiger partial charge is 0.0603 e. The zero-order valence-electron chi connectivity index (χ0n) is 9.56. The fourth-order valence-corrected chi connectivity index (χ4v) is 1.38. The van der Waals surface area contributed by atoms with E-state index in [4.69, 9.17) is 0 Å². The van der Waals surface area contributed by atoms with E-state index in [1.54, 1.807) is 0 Å². The molecular formula is C11H25NO. The molecule has 0 aliphatic heterocycles. The van der Waals surface area contributed by atoms with Gasteiger partial charge in [0, 0.05) is 6.04 Å². The monoisotopic (exact) mass is 187 g/mol. The Balaban J connectivity index is 3.49.